The molecule has 0 saturated carbocycles. The molecule has 0 aromatic heterocycles. The van der Waals surface area contributed by atoms with Gasteiger partial charge in [0, 0.05) is 0 Å². The molecule has 0 aliphatic carbocycles. The average molecular weight is 224 g/mol. The van der Waals surface area contributed by atoms with Crippen molar-refractivity contribution in [2.24, 2.45) is 5.73 Å². The van der Waals surface area contributed by atoms with Crippen molar-refractivity contribution in [1.82, 2.24) is 0 Å². The summed E-state index contributed by atoms with van der Waals surface area (Å²) in [6.07, 6.45) is 3.49. The molecule has 14 heavy (non-hydrogen) atoms. The van der Waals surface area contributed by atoms with Crippen LogP contribution in [0.2, 0.25) is 0 Å². The highest BCUT2D eigenvalue weighted by Gasteiger charge is 2.30. The molecule has 5 heteroatoms. The fourth-order valence-corrected chi connectivity index (χ4v) is 1.57. The second-order valence-corrected chi connectivity index (χ2v) is 3.28. The third kappa shape index (κ3) is 3.82. The summed E-state index contributed by atoms with van der Waals surface area (Å²) < 4.78 is 10.1. The number of carbonyl (C=O) groups is 1. The fourth-order valence-electron chi connectivity index (χ4n) is 1.57. The van der Waals surface area contributed by atoms with E-state index < -0.39 is 0 Å². The van der Waals surface area contributed by atoms with Crippen molar-refractivity contribution in [2.45, 2.75) is 37.9 Å². The van der Waals surface area contributed by atoms with E-state index in [2.05, 4.69) is 4.74 Å². The number of methoxy groups -OCH3 is 1. The van der Waals surface area contributed by atoms with Crippen LogP contribution < -0.4 is 5.73 Å². The molecule has 2 atom stereocenters. The van der Waals surface area contributed by atoms with E-state index in [-0.39, 0.29) is 30.6 Å². The summed E-state index contributed by atoms with van der Waals surface area (Å²) >= 11 is 0. The molecule has 0 radical (unpaired) electrons. The molecule has 1 aliphatic rings. The van der Waals surface area contributed by atoms with Crippen LogP contribution >= 0.6 is 12.4 Å². The Balaban J connectivity index is 0.00000169. The Morgan fingerprint density at radius 2 is 2.29 bits per heavy atom. The molecule has 4 nitrogen and oxygen atoms in total. The van der Waals surface area contributed by atoms with Crippen LogP contribution in [-0.4, -0.2) is 31.8 Å². The lowest BCUT2D eigenvalue weighted by Gasteiger charge is -2.11. The second kappa shape index (κ2) is 7.04. The van der Waals surface area contributed by atoms with Crippen molar-refractivity contribution >= 4 is 18.4 Å². The Hall–Kier alpha value is -0.320. The van der Waals surface area contributed by atoms with Crippen LogP contribution in [0.5, 0.6) is 0 Å². The molecule has 0 aromatic rings. The maximum Gasteiger partial charge on any atom is 0.334 e. The first-order valence-electron chi connectivity index (χ1n) is 4.71. The number of esters is 1. The van der Waals surface area contributed by atoms with E-state index in [0.717, 1.165) is 25.7 Å². The van der Waals surface area contributed by atoms with Gasteiger partial charge in [-0.2, -0.15) is 0 Å². The molecule has 0 amide bonds. The first-order valence-corrected chi connectivity index (χ1v) is 4.71. The van der Waals surface area contributed by atoms with Crippen LogP contribution in [0, 0.1) is 0 Å². The zero-order valence-electron chi connectivity index (χ0n) is 8.40. The minimum Gasteiger partial charge on any atom is -0.467 e. The minimum atomic E-state index is -0.340. The number of hydrogen-bond donors (Lipinski definition) is 1. The van der Waals surface area contributed by atoms with Crippen LogP contribution in [0.15, 0.2) is 0 Å². The normalized spacial score (nSPS) is 25.6. The van der Waals surface area contributed by atoms with E-state index >= 15 is 0 Å². The summed E-state index contributed by atoms with van der Waals surface area (Å²) in [7, 11) is 1.39. The topological polar surface area (TPSA) is 61.5 Å². The van der Waals surface area contributed by atoms with Gasteiger partial charge in [-0.3, -0.25) is 0 Å². The van der Waals surface area contributed by atoms with Gasteiger partial charge in [0.2, 0.25) is 0 Å². The van der Waals surface area contributed by atoms with Gasteiger partial charge in [0.15, 0.2) is 6.10 Å². The van der Waals surface area contributed by atoms with Crippen molar-refractivity contribution in [1.29, 1.82) is 0 Å². The maximum atomic E-state index is 11.1. The molecule has 1 rings (SSSR count). The highest BCUT2D eigenvalue weighted by atomic mass is 35.5. The molecule has 1 fully saturated rings. The van der Waals surface area contributed by atoms with Gasteiger partial charge in [-0.1, -0.05) is 0 Å². The Bertz CT molecular complexity index is 177. The Kier molecular flexibility index (Phi) is 6.87. The van der Waals surface area contributed by atoms with Gasteiger partial charge in [0.05, 0.1) is 13.2 Å². The number of halogens is 1. The van der Waals surface area contributed by atoms with E-state index in [1.54, 1.807) is 0 Å². The molecule has 0 aromatic carbocycles. The van der Waals surface area contributed by atoms with Crippen molar-refractivity contribution in [3.8, 4) is 0 Å². The smallest absolute Gasteiger partial charge is 0.334 e. The van der Waals surface area contributed by atoms with Crippen LogP contribution in [0.3, 0.4) is 0 Å². The quantitative estimate of drug-likeness (QED) is 0.719. The molecule has 0 spiro atoms. The molecule has 84 valence electrons. The summed E-state index contributed by atoms with van der Waals surface area (Å²) in [5.74, 6) is -0.254. The van der Waals surface area contributed by atoms with Gasteiger partial charge in [-0.05, 0) is 32.2 Å². The molecule has 1 saturated heterocycles. The van der Waals surface area contributed by atoms with Crippen molar-refractivity contribution in [3.05, 3.63) is 0 Å². The van der Waals surface area contributed by atoms with E-state index in [1.165, 1.54) is 7.11 Å². The largest absolute Gasteiger partial charge is 0.467 e. The van der Waals surface area contributed by atoms with E-state index in [1.807, 2.05) is 0 Å². The minimum absolute atomic E-state index is 0. The maximum absolute atomic E-state index is 11.1. The molecular formula is C9H18ClNO3. The van der Waals surface area contributed by atoms with Crippen molar-refractivity contribution in [2.75, 3.05) is 13.7 Å². The summed E-state index contributed by atoms with van der Waals surface area (Å²) in [6.45, 7) is 0.683. The van der Waals surface area contributed by atoms with Gasteiger partial charge < -0.3 is 15.2 Å². The van der Waals surface area contributed by atoms with Crippen molar-refractivity contribution in [3.63, 3.8) is 0 Å². The van der Waals surface area contributed by atoms with Gasteiger partial charge in [-0.15, -0.1) is 12.4 Å². The molecule has 2 N–H and O–H groups in total. The number of rotatable bonds is 4. The van der Waals surface area contributed by atoms with Gasteiger partial charge in [0.1, 0.15) is 0 Å². The zero-order chi connectivity index (χ0) is 9.68. The Morgan fingerprint density at radius 3 is 2.86 bits per heavy atom. The van der Waals surface area contributed by atoms with E-state index in [0.29, 0.717) is 6.54 Å². The second-order valence-electron chi connectivity index (χ2n) is 3.28. The Labute approximate surface area is 90.5 Å². The fraction of sp³-hybridized carbons (Fsp3) is 0.889. The van der Waals surface area contributed by atoms with Gasteiger partial charge in [0.25, 0.3) is 0 Å². The monoisotopic (exact) mass is 223 g/mol. The van der Waals surface area contributed by atoms with Crippen molar-refractivity contribution < 1.29 is 14.3 Å². The molecule has 0 bridgehead atoms. The third-order valence-corrected chi connectivity index (χ3v) is 2.30. The summed E-state index contributed by atoms with van der Waals surface area (Å²) in [4.78, 5) is 11.1. The Morgan fingerprint density at radius 1 is 1.57 bits per heavy atom. The lowest BCUT2D eigenvalue weighted by Crippen LogP contribution is -2.22. The number of carbonyl (C=O) groups excluding carboxylic acids is 1. The van der Waals surface area contributed by atoms with Gasteiger partial charge >= 0.3 is 5.97 Å². The first-order chi connectivity index (χ1) is 6.27. The highest BCUT2D eigenvalue weighted by molar-refractivity contribution is 5.85. The van der Waals surface area contributed by atoms with Crippen LogP contribution in [0.4, 0.5) is 0 Å². The summed E-state index contributed by atoms with van der Waals surface area (Å²) in [5.41, 5.74) is 5.38. The molecule has 1 aliphatic heterocycles. The number of nitrogens with two attached hydrogens (primary N) is 1. The predicted molar refractivity (Wildman–Crippen MR) is 55.4 cm³/mol. The molecule has 1 heterocycles. The first kappa shape index (κ1) is 13.7. The lowest BCUT2D eigenvalue weighted by molar-refractivity contribution is -0.153. The summed E-state index contributed by atoms with van der Waals surface area (Å²) in [5, 5.41) is 0. The van der Waals surface area contributed by atoms with Gasteiger partial charge in [-0.25, -0.2) is 4.79 Å². The number of hydrogen-bond acceptors (Lipinski definition) is 4. The standard InChI is InChI=1S/C9H17NO3.ClH/c1-12-9(11)8-5-4-7(13-8)3-2-6-10;/h7-8H,2-6,10H2,1H3;1H. The predicted octanol–water partition coefficient (Wildman–Crippen LogP) is 0.868. The van der Waals surface area contributed by atoms with Crippen LogP contribution in [-0.2, 0) is 14.3 Å². The lowest BCUT2D eigenvalue weighted by atomic mass is 10.1. The molecular weight excluding hydrogens is 206 g/mol. The SMILES string of the molecule is COC(=O)C1CCC(CCCN)O1.Cl. The van der Waals surface area contributed by atoms with Crippen LogP contribution in [0.25, 0.3) is 0 Å². The average Bonchev–Trinajstić information content (AvgIpc) is 2.62. The van der Waals surface area contributed by atoms with E-state index in [4.69, 9.17) is 10.5 Å². The summed E-state index contributed by atoms with van der Waals surface area (Å²) in [6, 6.07) is 0. The number of ether oxygens (including phenoxy) is 2. The molecule has 2 unspecified atom stereocenters. The highest BCUT2D eigenvalue weighted by Crippen LogP contribution is 2.23. The zero-order valence-corrected chi connectivity index (χ0v) is 9.22. The van der Waals surface area contributed by atoms with E-state index in [9.17, 15) is 4.79 Å². The third-order valence-electron chi connectivity index (χ3n) is 2.30. The van der Waals surface area contributed by atoms with Crippen LogP contribution in [0.1, 0.15) is 25.7 Å².